The third-order valence-electron chi connectivity index (χ3n) is 5.72. The van der Waals surface area contributed by atoms with E-state index in [0.717, 1.165) is 11.1 Å². The number of benzene rings is 3. The number of carbonyl (C=O) groups is 1. The lowest BCUT2D eigenvalue weighted by Crippen LogP contribution is -2.63. The van der Waals surface area contributed by atoms with E-state index < -0.39 is 36.6 Å². The van der Waals surface area contributed by atoms with Crippen molar-refractivity contribution in [2.45, 2.75) is 43.9 Å². The van der Waals surface area contributed by atoms with Crippen LogP contribution in [0.4, 0.5) is 0 Å². The van der Waals surface area contributed by atoms with Crippen LogP contribution in [-0.4, -0.2) is 48.3 Å². The second-order valence-corrected chi connectivity index (χ2v) is 8.71. The van der Waals surface area contributed by atoms with Gasteiger partial charge < -0.3 is 29.8 Å². The molecule has 1 saturated heterocycles. The molecule has 1 unspecified atom stereocenters. The van der Waals surface area contributed by atoms with Gasteiger partial charge in [-0.3, -0.25) is 0 Å². The second kappa shape index (κ2) is 12.3. The molecule has 184 valence electrons. The lowest BCUT2D eigenvalue weighted by Gasteiger charge is -2.42. The van der Waals surface area contributed by atoms with Gasteiger partial charge in [0.25, 0.3) is 0 Å². The first kappa shape index (κ1) is 25.3. The summed E-state index contributed by atoms with van der Waals surface area (Å²) in [4.78, 5) is 12.5. The van der Waals surface area contributed by atoms with Crippen LogP contribution in [-0.2, 0) is 32.2 Å². The molecule has 1 aliphatic heterocycles. The molecule has 7 nitrogen and oxygen atoms in total. The number of carbonyl (C=O) groups excluding carboxylic acids is 1. The van der Waals surface area contributed by atoms with Crippen LogP contribution in [0.5, 0.6) is 0 Å². The molecule has 0 spiro atoms. The van der Waals surface area contributed by atoms with Gasteiger partial charge in [-0.15, -0.1) is 0 Å². The van der Waals surface area contributed by atoms with Crippen molar-refractivity contribution in [3.8, 4) is 0 Å². The van der Waals surface area contributed by atoms with Crippen molar-refractivity contribution in [2.24, 2.45) is 5.73 Å². The largest absolute Gasteiger partial charge is 0.459 e. The normalized spacial score (nSPS) is 24.1. The zero-order valence-electron chi connectivity index (χ0n) is 19.0. The van der Waals surface area contributed by atoms with Crippen molar-refractivity contribution in [2.75, 3.05) is 6.61 Å². The maximum absolute atomic E-state index is 12.5. The number of hydrogen-bond acceptors (Lipinski definition) is 7. The molecule has 4 rings (SSSR count). The number of aliphatic hydroxyl groups is 1. The predicted octanol–water partition coefficient (Wildman–Crippen LogP) is 3.71. The monoisotopic (exact) mass is 497 g/mol. The van der Waals surface area contributed by atoms with Crippen LogP contribution in [0, 0.1) is 0 Å². The molecule has 1 fully saturated rings. The summed E-state index contributed by atoms with van der Waals surface area (Å²) in [6, 6.07) is 24.7. The van der Waals surface area contributed by atoms with Gasteiger partial charge in [-0.1, -0.05) is 72.3 Å². The molecule has 0 bridgehead atoms. The van der Waals surface area contributed by atoms with Crippen LogP contribution in [0.25, 0.3) is 0 Å². The minimum Gasteiger partial charge on any atom is -0.459 e. The molecule has 3 aromatic rings. The van der Waals surface area contributed by atoms with Gasteiger partial charge in [-0.25, -0.2) is 4.79 Å². The Kier molecular flexibility index (Phi) is 8.87. The molecule has 0 radical (unpaired) electrons. The summed E-state index contributed by atoms with van der Waals surface area (Å²) in [6.45, 7) is 0.308. The van der Waals surface area contributed by atoms with Gasteiger partial charge in [0.1, 0.15) is 24.9 Å². The highest BCUT2D eigenvalue weighted by Gasteiger charge is 2.45. The van der Waals surface area contributed by atoms with Crippen molar-refractivity contribution >= 4 is 17.6 Å². The molecular formula is C27H28ClNO6. The average molecular weight is 498 g/mol. The summed E-state index contributed by atoms with van der Waals surface area (Å²) in [5, 5.41) is 11.5. The number of halogens is 1. The Morgan fingerprint density at radius 1 is 0.886 bits per heavy atom. The van der Waals surface area contributed by atoms with Crippen LogP contribution in [0.1, 0.15) is 21.5 Å². The highest BCUT2D eigenvalue weighted by Crippen LogP contribution is 2.26. The SMILES string of the molecule is N[C@H]1C(OCc2ccccc2)O[C@H](COC(=O)c2ccc(Cl)cc2)[C@@H](O)[C@@H]1OCc1ccccc1. The number of ether oxygens (including phenoxy) is 4. The Morgan fingerprint density at radius 3 is 2.06 bits per heavy atom. The molecule has 3 N–H and O–H groups in total. The fourth-order valence-corrected chi connectivity index (χ4v) is 3.91. The van der Waals surface area contributed by atoms with E-state index in [2.05, 4.69) is 0 Å². The lowest BCUT2D eigenvalue weighted by atomic mass is 9.97. The molecule has 1 heterocycles. The van der Waals surface area contributed by atoms with Gasteiger partial charge in [-0.05, 0) is 35.4 Å². The van der Waals surface area contributed by atoms with Crippen LogP contribution >= 0.6 is 11.6 Å². The summed E-state index contributed by atoms with van der Waals surface area (Å²) in [5.74, 6) is -0.559. The molecule has 5 atom stereocenters. The van der Waals surface area contributed by atoms with Crippen molar-refractivity contribution in [3.05, 3.63) is 107 Å². The van der Waals surface area contributed by atoms with Crippen LogP contribution < -0.4 is 5.73 Å². The first-order valence-corrected chi connectivity index (χ1v) is 11.7. The van der Waals surface area contributed by atoms with Gasteiger partial charge in [-0.2, -0.15) is 0 Å². The van der Waals surface area contributed by atoms with Crippen molar-refractivity contribution in [3.63, 3.8) is 0 Å². The third-order valence-corrected chi connectivity index (χ3v) is 5.97. The topological polar surface area (TPSA) is 100 Å². The standard InChI is InChI=1S/C27H28ClNO6/c28-21-13-11-20(12-14-21)26(31)33-17-22-24(30)25(32-15-18-7-3-1-4-8-18)23(29)27(35-22)34-16-19-9-5-2-6-10-19/h1-14,22-25,27,30H,15-17,29H2/t22-,23-,24-,25-,27?/m1/s1. The molecule has 1 aliphatic rings. The Bertz CT molecular complexity index is 1070. The van der Waals surface area contributed by atoms with Crippen LogP contribution in [0.3, 0.4) is 0 Å². The Balaban J connectivity index is 1.44. The predicted molar refractivity (Wildman–Crippen MR) is 131 cm³/mol. The summed E-state index contributed by atoms with van der Waals surface area (Å²) in [6.07, 6.45) is -3.71. The Labute approximate surface area is 209 Å². The highest BCUT2D eigenvalue weighted by molar-refractivity contribution is 6.30. The molecule has 35 heavy (non-hydrogen) atoms. The van der Waals surface area contributed by atoms with Crippen molar-refractivity contribution in [1.82, 2.24) is 0 Å². The first-order valence-electron chi connectivity index (χ1n) is 11.3. The zero-order chi connectivity index (χ0) is 24.6. The van der Waals surface area contributed by atoms with E-state index in [1.807, 2.05) is 60.7 Å². The maximum Gasteiger partial charge on any atom is 0.338 e. The summed E-state index contributed by atoms with van der Waals surface area (Å²) in [5.41, 5.74) is 8.63. The molecule has 0 aliphatic carbocycles. The van der Waals surface area contributed by atoms with E-state index in [4.69, 9.17) is 36.3 Å². The summed E-state index contributed by atoms with van der Waals surface area (Å²) < 4.78 is 23.3. The number of nitrogens with two attached hydrogens (primary N) is 1. The number of aliphatic hydroxyl groups excluding tert-OH is 1. The van der Waals surface area contributed by atoms with E-state index in [0.29, 0.717) is 10.6 Å². The van der Waals surface area contributed by atoms with Crippen molar-refractivity contribution in [1.29, 1.82) is 0 Å². The minimum absolute atomic E-state index is 0.203. The van der Waals surface area contributed by atoms with Gasteiger partial charge in [0.15, 0.2) is 6.29 Å². The quantitative estimate of drug-likeness (QED) is 0.435. The molecule has 3 aromatic carbocycles. The molecular weight excluding hydrogens is 470 g/mol. The Hall–Kier alpha value is -2.78. The highest BCUT2D eigenvalue weighted by atomic mass is 35.5. The van der Waals surface area contributed by atoms with Gasteiger partial charge in [0.05, 0.1) is 24.8 Å². The average Bonchev–Trinajstić information content (AvgIpc) is 2.89. The maximum atomic E-state index is 12.5. The van der Waals surface area contributed by atoms with E-state index in [1.54, 1.807) is 24.3 Å². The molecule has 0 amide bonds. The number of hydrogen-bond donors (Lipinski definition) is 2. The zero-order valence-corrected chi connectivity index (χ0v) is 19.8. The van der Waals surface area contributed by atoms with E-state index in [1.165, 1.54) is 0 Å². The smallest absolute Gasteiger partial charge is 0.338 e. The summed E-state index contributed by atoms with van der Waals surface area (Å²) >= 11 is 5.88. The van der Waals surface area contributed by atoms with E-state index in [9.17, 15) is 9.90 Å². The molecule has 0 aromatic heterocycles. The van der Waals surface area contributed by atoms with Gasteiger partial charge in [0.2, 0.25) is 0 Å². The van der Waals surface area contributed by atoms with E-state index >= 15 is 0 Å². The first-order chi connectivity index (χ1) is 17.0. The molecule has 0 saturated carbocycles. The van der Waals surface area contributed by atoms with Gasteiger partial charge in [0, 0.05) is 5.02 Å². The third kappa shape index (κ3) is 6.89. The Morgan fingerprint density at radius 2 is 1.46 bits per heavy atom. The fourth-order valence-electron chi connectivity index (χ4n) is 3.78. The van der Waals surface area contributed by atoms with Gasteiger partial charge >= 0.3 is 5.97 Å². The summed E-state index contributed by atoms with van der Waals surface area (Å²) in [7, 11) is 0. The van der Waals surface area contributed by atoms with Crippen molar-refractivity contribution < 1.29 is 28.8 Å². The minimum atomic E-state index is -1.14. The second-order valence-electron chi connectivity index (χ2n) is 8.27. The number of rotatable bonds is 9. The van der Waals surface area contributed by atoms with E-state index in [-0.39, 0.29) is 19.8 Å². The van der Waals surface area contributed by atoms with Crippen LogP contribution in [0.2, 0.25) is 5.02 Å². The van der Waals surface area contributed by atoms with Crippen LogP contribution in [0.15, 0.2) is 84.9 Å². The lowest BCUT2D eigenvalue weighted by molar-refractivity contribution is -0.277. The molecule has 8 heteroatoms. The fraction of sp³-hybridized carbons (Fsp3) is 0.296. The number of esters is 1.